The largest absolute Gasteiger partial charge is 0.384 e. The molecule has 0 aliphatic heterocycles. The molecule has 1 aromatic carbocycles. The van der Waals surface area contributed by atoms with Gasteiger partial charge in [-0.2, -0.15) is 0 Å². The molecule has 0 radical (unpaired) electrons. The second-order valence-electron chi connectivity index (χ2n) is 3.77. The molecule has 0 unspecified atom stereocenters. The van der Waals surface area contributed by atoms with Crippen molar-refractivity contribution in [1.29, 1.82) is 0 Å². The van der Waals surface area contributed by atoms with E-state index >= 15 is 0 Å². The molecule has 2 aromatic rings. The monoisotopic (exact) mass is 247 g/mol. The number of nitrogen functional groups attached to an aromatic ring is 1. The number of pyridine rings is 1. The van der Waals surface area contributed by atoms with Gasteiger partial charge in [0.1, 0.15) is 11.6 Å². The first-order chi connectivity index (χ1) is 8.50. The van der Waals surface area contributed by atoms with Crippen molar-refractivity contribution >= 4 is 11.5 Å². The van der Waals surface area contributed by atoms with Crippen LogP contribution in [0.2, 0.25) is 0 Å². The summed E-state index contributed by atoms with van der Waals surface area (Å²) in [6.45, 7) is 1.54. The van der Waals surface area contributed by atoms with Crippen LogP contribution in [0.4, 0.5) is 15.9 Å². The van der Waals surface area contributed by atoms with Crippen molar-refractivity contribution in [3.63, 3.8) is 0 Å². The third-order valence-electron chi connectivity index (χ3n) is 2.61. The minimum absolute atomic E-state index is 0.0806. The second kappa shape index (κ2) is 4.40. The summed E-state index contributed by atoms with van der Waals surface area (Å²) in [4.78, 5) is 14.3. The molecule has 0 atom stereocenters. The molecule has 18 heavy (non-hydrogen) atoms. The fourth-order valence-electron chi connectivity index (χ4n) is 1.68. The van der Waals surface area contributed by atoms with Gasteiger partial charge in [0.2, 0.25) is 0 Å². The van der Waals surface area contributed by atoms with Crippen LogP contribution in [0.3, 0.4) is 0 Å². The summed E-state index contributed by atoms with van der Waals surface area (Å²) in [6, 6.07) is 6.95. The summed E-state index contributed by atoms with van der Waals surface area (Å²) in [7, 11) is 0. The Balaban J connectivity index is 2.73. The predicted molar refractivity (Wildman–Crippen MR) is 65.4 cm³/mol. The lowest BCUT2D eigenvalue weighted by atomic mass is 10.0. The van der Waals surface area contributed by atoms with Gasteiger partial charge in [0.25, 0.3) is 5.69 Å². The van der Waals surface area contributed by atoms with E-state index in [1.807, 2.05) is 0 Å². The molecule has 92 valence electrons. The van der Waals surface area contributed by atoms with Crippen molar-refractivity contribution in [3.8, 4) is 11.3 Å². The van der Waals surface area contributed by atoms with Crippen LogP contribution >= 0.6 is 0 Å². The first-order valence-electron chi connectivity index (χ1n) is 5.17. The van der Waals surface area contributed by atoms with E-state index in [9.17, 15) is 14.5 Å². The Morgan fingerprint density at radius 2 is 2.06 bits per heavy atom. The Bertz CT molecular complexity index is 629. The fourth-order valence-corrected chi connectivity index (χ4v) is 1.68. The Labute approximate surface area is 102 Å². The minimum atomic E-state index is -0.563. The number of nitro groups is 1. The number of hydrogen-bond donors (Lipinski definition) is 1. The van der Waals surface area contributed by atoms with Crippen molar-refractivity contribution in [3.05, 3.63) is 51.8 Å². The summed E-state index contributed by atoms with van der Waals surface area (Å²) < 4.78 is 13.5. The van der Waals surface area contributed by atoms with E-state index in [2.05, 4.69) is 4.98 Å². The van der Waals surface area contributed by atoms with Crippen LogP contribution in [-0.4, -0.2) is 9.91 Å². The molecule has 0 fully saturated rings. The average Bonchev–Trinajstić information content (AvgIpc) is 2.32. The number of benzene rings is 1. The third-order valence-corrected chi connectivity index (χ3v) is 2.61. The van der Waals surface area contributed by atoms with E-state index in [4.69, 9.17) is 5.73 Å². The Kier molecular flexibility index (Phi) is 2.93. The number of aromatic nitrogens is 1. The lowest BCUT2D eigenvalue weighted by molar-refractivity contribution is -0.384. The standard InChI is InChI=1S/C12H10FN3O2/c1-7-8(3-2-4-9(7)13)12-10(16(17)18)5-6-11(14)15-12/h2-6H,1H3,(H2,14,15). The Hall–Kier alpha value is -2.50. The van der Waals surface area contributed by atoms with Gasteiger partial charge in [0, 0.05) is 11.6 Å². The summed E-state index contributed by atoms with van der Waals surface area (Å²) in [5.74, 6) is -0.287. The average molecular weight is 247 g/mol. The normalized spacial score (nSPS) is 10.3. The first-order valence-corrected chi connectivity index (χ1v) is 5.17. The van der Waals surface area contributed by atoms with Crippen LogP contribution < -0.4 is 5.73 Å². The Morgan fingerprint density at radius 3 is 2.72 bits per heavy atom. The lowest BCUT2D eigenvalue weighted by Crippen LogP contribution is -2.00. The molecule has 0 saturated heterocycles. The van der Waals surface area contributed by atoms with Crippen molar-refractivity contribution in [2.45, 2.75) is 6.92 Å². The molecule has 1 aromatic heterocycles. The maximum atomic E-state index is 13.5. The van der Waals surface area contributed by atoms with Gasteiger partial charge in [0.05, 0.1) is 4.92 Å². The number of rotatable bonds is 2. The zero-order valence-electron chi connectivity index (χ0n) is 9.55. The van der Waals surface area contributed by atoms with Crippen LogP contribution in [-0.2, 0) is 0 Å². The maximum absolute atomic E-state index is 13.5. The van der Waals surface area contributed by atoms with Gasteiger partial charge in [-0.3, -0.25) is 10.1 Å². The minimum Gasteiger partial charge on any atom is -0.384 e. The molecular formula is C12H10FN3O2. The van der Waals surface area contributed by atoms with E-state index in [1.165, 1.54) is 24.3 Å². The van der Waals surface area contributed by atoms with E-state index in [0.29, 0.717) is 11.1 Å². The van der Waals surface area contributed by atoms with Crippen LogP contribution in [0.5, 0.6) is 0 Å². The number of nitrogens with zero attached hydrogens (tertiary/aromatic N) is 2. The van der Waals surface area contributed by atoms with Crippen molar-refractivity contribution in [2.75, 3.05) is 5.73 Å². The maximum Gasteiger partial charge on any atom is 0.295 e. The van der Waals surface area contributed by atoms with Gasteiger partial charge < -0.3 is 5.73 Å². The number of nitrogens with two attached hydrogens (primary N) is 1. The number of halogens is 1. The lowest BCUT2D eigenvalue weighted by Gasteiger charge is -2.07. The highest BCUT2D eigenvalue weighted by atomic mass is 19.1. The third kappa shape index (κ3) is 2.00. The predicted octanol–water partition coefficient (Wildman–Crippen LogP) is 2.69. The van der Waals surface area contributed by atoms with Crippen LogP contribution in [0.25, 0.3) is 11.3 Å². The zero-order valence-corrected chi connectivity index (χ0v) is 9.55. The topological polar surface area (TPSA) is 82.0 Å². The molecule has 5 nitrogen and oxygen atoms in total. The quantitative estimate of drug-likeness (QED) is 0.653. The van der Waals surface area contributed by atoms with Gasteiger partial charge in [-0.1, -0.05) is 12.1 Å². The van der Waals surface area contributed by atoms with E-state index < -0.39 is 10.7 Å². The zero-order chi connectivity index (χ0) is 13.3. The molecule has 2 N–H and O–H groups in total. The molecular weight excluding hydrogens is 237 g/mol. The second-order valence-corrected chi connectivity index (χ2v) is 3.77. The highest BCUT2D eigenvalue weighted by Crippen LogP contribution is 2.31. The van der Waals surface area contributed by atoms with Gasteiger partial charge in [-0.25, -0.2) is 9.37 Å². The molecule has 0 amide bonds. The van der Waals surface area contributed by atoms with E-state index in [0.717, 1.165) is 0 Å². The smallest absolute Gasteiger partial charge is 0.295 e. The van der Waals surface area contributed by atoms with Crippen LogP contribution in [0, 0.1) is 22.9 Å². The van der Waals surface area contributed by atoms with Gasteiger partial charge in [-0.05, 0) is 24.6 Å². The molecule has 0 saturated carbocycles. The van der Waals surface area contributed by atoms with Crippen LogP contribution in [0.1, 0.15) is 5.56 Å². The van der Waals surface area contributed by atoms with Crippen molar-refractivity contribution in [2.24, 2.45) is 0 Å². The molecule has 0 aliphatic carbocycles. The first kappa shape index (κ1) is 12.0. The van der Waals surface area contributed by atoms with E-state index in [-0.39, 0.29) is 17.2 Å². The molecule has 0 aliphatic rings. The van der Waals surface area contributed by atoms with E-state index in [1.54, 1.807) is 13.0 Å². The molecule has 0 bridgehead atoms. The number of hydrogen-bond acceptors (Lipinski definition) is 4. The molecule has 2 rings (SSSR count). The highest BCUT2D eigenvalue weighted by Gasteiger charge is 2.19. The van der Waals surface area contributed by atoms with Gasteiger partial charge in [-0.15, -0.1) is 0 Å². The highest BCUT2D eigenvalue weighted by molar-refractivity contribution is 5.73. The van der Waals surface area contributed by atoms with Gasteiger partial charge >= 0.3 is 0 Å². The summed E-state index contributed by atoms with van der Waals surface area (Å²) in [5, 5.41) is 10.9. The van der Waals surface area contributed by atoms with Crippen molar-refractivity contribution < 1.29 is 9.31 Å². The Morgan fingerprint density at radius 1 is 1.33 bits per heavy atom. The van der Waals surface area contributed by atoms with Crippen LogP contribution in [0.15, 0.2) is 30.3 Å². The molecule has 6 heteroatoms. The molecule has 0 spiro atoms. The molecule has 1 heterocycles. The van der Waals surface area contributed by atoms with Crippen molar-refractivity contribution in [1.82, 2.24) is 4.98 Å². The summed E-state index contributed by atoms with van der Waals surface area (Å²) in [6.07, 6.45) is 0. The van der Waals surface area contributed by atoms with Gasteiger partial charge in [0.15, 0.2) is 5.69 Å². The summed E-state index contributed by atoms with van der Waals surface area (Å²) in [5.41, 5.74) is 6.08. The SMILES string of the molecule is Cc1c(F)cccc1-c1nc(N)ccc1[N+](=O)[O-]. The number of anilines is 1. The fraction of sp³-hybridized carbons (Fsp3) is 0.0833. The summed E-state index contributed by atoms with van der Waals surface area (Å²) >= 11 is 0.